The zero-order valence-corrected chi connectivity index (χ0v) is 10.7. The molecule has 0 saturated carbocycles. The molecule has 0 radical (unpaired) electrons. The molecule has 0 aliphatic rings. The third-order valence-electron chi connectivity index (χ3n) is 2.93. The summed E-state index contributed by atoms with van der Waals surface area (Å²) in [5.74, 6) is 0.0608. The molecule has 1 heterocycles. The van der Waals surface area contributed by atoms with E-state index in [4.69, 9.17) is 11.0 Å². The van der Waals surface area contributed by atoms with Gasteiger partial charge < -0.3 is 5.73 Å². The molecule has 0 unspecified atom stereocenters. The summed E-state index contributed by atoms with van der Waals surface area (Å²) < 4.78 is 15.2. The fourth-order valence-corrected chi connectivity index (χ4v) is 1.98. The Bertz CT molecular complexity index is 625. The van der Waals surface area contributed by atoms with Gasteiger partial charge in [0.2, 0.25) is 0 Å². The lowest BCUT2D eigenvalue weighted by Crippen LogP contribution is -2.04. The molecule has 4 nitrogen and oxygen atoms in total. The summed E-state index contributed by atoms with van der Waals surface area (Å²) in [6, 6.07) is 8.53. The van der Waals surface area contributed by atoms with Crippen LogP contribution in [0.3, 0.4) is 0 Å². The second kappa shape index (κ2) is 5.53. The summed E-state index contributed by atoms with van der Waals surface area (Å²) in [4.78, 5) is 0. The second-order valence-corrected chi connectivity index (χ2v) is 4.31. The standard InChI is InChI=1S/C14H15FN4/c1-2-7-19-14(17)11(9-16)13(18-19)8-10-5-3-4-6-12(10)15/h3-6H,2,7-8,17H2,1H3. The van der Waals surface area contributed by atoms with E-state index in [0.29, 0.717) is 29.2 Å². The van der Waals surface area contributed by atoms with Crippen LogP contribution in [0.1, 0.15) is 30.2 Å². The predicted octanol–water partition coefficient (Wildman–Crippen LogP) is 2.48. The largest absolute Gasteiger partial charge is 0.383 e. The summed E-state index contributed by atoms with van der Waals surface area (Å²) in [7, 11) is 0. The number of benzene rings is 1. The van der Waals surface area contributed by atoms with Crippen molar-refractivity contribution in [3.8, 4) is 6.07 Å². The lowest BCUT2D eigenvalue weighted by atomic mass is 10.1. The molecule has 2 aromatic rings. The van der Waals surface area contributed by atoms with Crippen molar-refractivity contribution in [1.29, 1.82) is 5.26 Å². The molecule has 0 fully saturated rings. The fraction of sp³-hybridized carbons (Fsp3) is 0.286. The van der Waals surface area contributed by atoms with Crippen LogP contribution < -0.4 is 5.73 Å². The Kier molecular flexibility index (Phi) is 3.81. The molecular weight excluding hydrogens is 243 g/mol. The molecule has 0 saturated heterocycles. The number of nitriles is 1. The molecular formula is C14H15FN4. The number of nitrogen functional groups attached to an aromatic ring is 1. The number of nitrogens with two attached hydrogens (primary N) is 1. The Morgan fingerprint density at radius 1 is 1.42 bits per heavy atom. The Labute approximate surface area is 111 Å². The average Bonchev–Trinajstić information content (AvgIpc) is 2.69. The van der Waals surface area contributed by atoms with Gasteiger partial charge in [0.1, 0.15) is 23.3 Å². The highest BCUT2D eigenvalue weighted by atomic mass is 19.1. The first-order chi connectivity index (χ1) is 9.17. The predicted molar refractivity (Wildman–Crippen MR) is 70.9 cm³/mol. The van der Waals surface area contributed by atoms with E-state index in [0.717, 1.165) is 6.42 Å². The molecule has 0 amide bonds. The summed E-state index contributed by atoms with van der Waals surface area (Å²) >= 11 is 0. The monoisotopic (exact) mass is 258 g/mol. The highest BCUT2D eigenvalue weighted by Crippen LogP contribution is 2.20. The van der Waals surface area contributed by atoms with E-state index in [2.05, 4.69) is 11.2 Å². The van der Waals surface area contributed by atoms with Crippen LogP contribution in [0.4, 0.5) is 10.2 Å². The van der Waals surface area contributed by atoms with Crippen LogP contribution in [0.25, 0.3) is 0 Å². The van der Waals surface area contributed by atoms with E-state index >= 15 is 0 Å². The van der Waals surface area contributed by atoms with Crippen molar-refractivity contribution < 1.29 is 4.39 Å². The number of anilines is 1. The maximum atomic E-state index is 13.6. The number of aryl methyl sites for hydroxylation is 1. The third-order valence-corrected chi connectivity index (χ3v) is 2.93. The zero-order chi connectivity index (χ0) is 13.8. The van der Waals surface area contributed by atoms with Crippen molar-refractivity contribution in [2.24, 2.45) is 0 Å². The number of aromatic nitrogens is 2. The molecule has 0 bridgehead atoms. The molecule has 5 heteroatoms. The minimum absolute atomic E-state index is 0.274. The van der Waals surface area contributed by atoms with E-state index in [1.165, 1.54) is 6.07 Å². The molecule has 98 valence electrons. The first-order valence-electron chi connectivity index (χ1n) is 6.16. The molecule has 19 heavy (non-hydrogen) atoms. The van der Waals surface area contributed by atoms with E-state index in [9.17, 15) is 4.39 Å². The van der Waals surface area contributed by atoms with Gasteiger partial charge in [-0.15, -0.1) is 0 Å². The highest BCUT2D eigenvalue weighted by molar-refractivity contribution is 5.53. The molecule has 2 N–H and O–H groups in total. The van der Waals surface area contributed by atoms with Gasteiger partial charge in [-0.25, -0.2) is 9.07 Å². The summed E-state index contributed by atoms with van der Waals surface area (Å²) in [5.41, 5.74) is 7.26. The smallest absolute Gasteiger partial charge is 0.140 e. The first-order valence-corrected chi connectivity index (χ1v) is 6.16. The normalized spacial score (nSPS) is 10.4. The minimum atomic E-state index is -0.296. The maximum absolute atomic E-state index is 13.6. The first kappa shape index (κ1) is 13.1. The van der Waals surface area contributed by atoms with Gasteiger partial charge in [-0.3, -0.25) is 0 Å². The molecule has 0 aliphatic heterocycles. The van der Waals surface area contributed by atoms with Crippen LogP contribution in [0.2, 0.25) is 0 Å². The van der Waals surface area contributed by atoms with Crippen LogP contribution in [0.5, 0.6) is 0 Å². The van der Waals surface area contributed by atoms with Gasteiger partial charge in [-0.2, -0.15) is 10.4 Å². The maximum Gasteiger partial charge on any atom is 0.140 e. The van der Waals surface area contributed by atoms with Crippen molar-refractivity contribution >= 4 is 5.82 Å². The van der Waals surface area contributed by atoms with E-state index in [-0.39, 0.29) is 12.2 Å². The van der Waals surface area contributed by atoms with Gasteiger partial charge in [-0.05, 0) is 18.1 Å². The number of hydrogen-bond acceptors (Lipinski definition) is 3. The van der Waals surface area contributed by atoms with Crippen molar-refractivity contribution in [1.82, 2.24) is 9.78 Å². The fourth-order valence-electron chi connectivity index (χ4n) is 1.98. The van der Waals surface area contributed by atoms with E-state index in [1.54, 1.807) is 22.9 Å². The SMILES string of the molecule is CCCn1nc(Cc2ccccc2F)c(C#N)c1N. The van der Waals surface area contributed by atoms with Crippen LogP contribution in [0, 0.1) is 17.1 Å². The van der Waals surface area contributed by atoms with Crippen LogP contribution >= 0.6 is 0 Å². The Hall–Kier alpha value is -2.35. The lowest BCUT2D eigenvalue weighted by Gasteiger charge is -2.00. The van der Waals surface area contributed by atoms with Crippen molar-refractivity contribution in [2.75, 3.05) is 5.73 Å². The highest BCUT2D eigenvalue weighted by Gasteiger charge is 2.16. The van der Waals surface area contributed by atoms with E-state index < -0.39 is 0 Å². The molecule has 1 aromatic carbocycles. The Balaban J connectivity index is 2.38. The topological polar surface area (TPSA) is 67.6 Å². The number of hydrogen-bond donors (Lipinski definition) is 1. The lowest BCUT2D eigenvalue weighted by molar-refractivity contribution is 0.596. The molecule has 0 aliphatic carbocycles. The van der Waals surface area contributed by atoms with Crippen LogP contribution in [-0.4, -0.2) is 9.78 Å². The Morgan fingerprint density at radius 2 is 2.16 bits per heavy atom. The molecule has 1 aromatic heterocycles. The van der Waals surface area contributed by atoms with Gasteiger partial charge in [0.15, 0.2) is 0 Å². The van der Waals surface area contributed by atoms with E-state index in [1.807, 2.05) is 6.92 Å². The second-order valence-electron chi connectivity index (χ2n) is 4.31. The Morgan fingerprint density at radius 3 is 2.79 bits per heavy atom. The van der Waals surface area contributed by atoms with Gasteiger partial charge >= 0.3 is 0 Å². The summed E-state index contributed by atoms with van der Waals surface area (Å²) in [6.07, 6.45) is 1.15. The zero-order valence-electron chi connectivity index (χ0n) is 10.7. The van der Waals surface area contributed by atoms with Gasteiger partial charge in [0, 0.05) is 13.0 Å². The summed E-state index contributed by atoms with van der Waals surface area (Å²) in [5, 5.41) is 13.5. The summed E-state index contributed by atoms with van der Waals surface area (Å²) in [6.45, 7) is 2.65. The van der Waals surface area contributed by atoms with Crippen LogP contribution in [-0.2, 0) is 13.0 Å². The van der Waals surface area contributed by atoms with Crippen molar-refractivity contribution in [3.05, 3.63) is 46.9 Å². The van der Waals surface area contributed by atoms with Crippen LogP contribution in [0.15, 0.2) is 24.3 Å². The number of nitrogens with zero attached hydrogens (tertiary/aromatic N) is 3. The molecule has 2 rings (SSSR count). The van der Waals surface area contributed by atoms with Crippen molar-refractivity contribution in [3.63, 3.8) is 0 Å². The van der Waals surface area contributed by atoms with Gasteiger partial charge in [0.25, 0.3) is 0 Å². The van der Waals surface area contributed by atoms with Crippen molar-refractivity contribution in [2.45, 2.75) is 26.3 Å². The molecule has 0 atom stereocenters. The minimum Gasteiger partial charge on any atom is -0.383 e. The number of halogens is 1. The third kappa shape index (κ3) is 2.58. The van der Waals surface area contributed by atoms with Gasteiger partial charge in [0.05, 0.1) is 5.69 Å². The number of rotatable bonds is 4. The average molecular weight is 258 g/mol. The molecule has 0 spiro atoms. The van der Waals surface area contributed by atoms with Gasteiger partial charge in [-0.1, -0.05) is 25.1 Å². The quantitative estimate of drug-likeness (QED) is 0.916.